The van der Waals surface area contributed by atoms with Gasteiger partial charge in [-0.15, -0.1) is 0 Å². The molecule has 0 bridgehead atoms. The minimum atomic E-state index is -0.808. The first-order valence-corrected chi connectivity index (χ1v) is 6.82. The number of carbonyl (C=O) groups excluding carboxylic acids is 1. The number of para-hydroxylation sites is 1. The van der Waals surface area contributed by atoms with Gasteiger partial charge in [0, 0.05) is 11.0 Å². The molecule has 5 nitrogen and oxygen atoms in total. The quantitative estimate of drug-likeness (QED) is 0.702. The number of amides is 2. The third-order valence-electron chi connectivity index (χ3n) is 2.64. The van der Waals surface area contributed by atoms with E-state index in [1.54, 1.807) is 13.0 Å². The molecule has 1 rings (SSSR count). The smallest absolute Gasteiger partial charge is 0.319 e. The summed E-state index contributed by atoms with van der Waals surface area (Å²) in [4.78, 5) is 22.2. The van der Waals surface area contributed by atoms with Crippen LogP contribution in [0.15, 0.2) is 28.7 Å². The van der Waals surface area contributed by atoms with Crippen LogP contribution in [0.1, 0.15) is 19.8 Å². The minimum Gasteiger partial charge on any atom is -0.481 e. The van der Waals surface area contributed by atoms with Crippen LogP contribution in [0.25, 0.3) is 0 Å². The Morgan fingerprint density at radius 3 is 2.68 bits per heavy atom. The van der Waals surface area contributed by atoms with Crippen LogP contribution >= 0.6 is 15.9 Å². The van der Waals surface area contributed by atoms with Gasteiger partial charge in [0.2, 0.25) is 0 Å². The van der Waals surface area contributed by atoms with Crippen molar-refractivity contribution in [3.8, 4) is 0 Å². The van der Waals surface area contributed by atoms with Gasteiger partial charge < -0.3 is 15.7 Å². The lowest BCUT2D eigenvalue weighted by molar-refractivity contribution is -0.141. The second kappa shape index (κ2) is 7.78. The Balaban J connectivity index is 2.26. The maximum Gasteiger partial charge on any atom is 0.319 e. The van der Waals surface area contributed by atoms with E-state index in [-0.39, 0.29) is 11.9 Å². The van der Waals surface area contributed by atoms with Gasteiger partial charge in [0.15, 0.2) is 0 Å². The lowest BCUT2D eigenvalue weighted by Crippen LogP contribution is -2.30. The van der Waals surface area contributed by atoms with E-state index < -0.39 is 5.97 Å². The number of halogens is 1. The lowest BCUT2D eigenvalue weighted by Gasteiger charge is -2.09. The SMILES string of the molecule is CC(CCCNC(=O)Nc1ccccc1Br)C(=O)O. The molecule has 0 aliphatic heterocycles. The molecular formula is C13H17BrN2O3. The Labute approximate surface area is 120 Å². The highest BCUT2D eigenvalue weighted by molar-refractivity contribution is 9.10. The first kappa shape index (κ1) is 15.5. The molecule has 0 aliphatic rings. The van der Waals surface area contributed by atoms with Crippen LogP contribution in [0, 0.1) is 5.92 Å². The minimum absolute atomic E-state index is 0.296. The van der Waals surface area contributed by atoms with Gasteiger partial charge in [-0.3, -0.25) is 4.79 Å². The van der Waals surface area contributed by atoms with Crippen molar-refractivity contribution in [1.29, 1.82) is 0 Å². The Kier molecular flexibility index (Phi) is 6.35. The number of benzene rings is 1. The fraction of sp³-hybridized carbons (Fsp3) is 0.385. The van der Waals surface area contributed by atoms with Gasteiger partial charge in [0.25, 0.3) is 0 Å². The molecule has 3 N–H and O–H groups in total. The molecule has 0 aliphatic carbocycles. The third kappa shape index (κ3) is 5.74. The van der Waals surface area contributed by atoms with Gasteiger partial charge in [-0.1, -0.05) is 19.1 Å². The van der Waals surface area contributed by atoms with E-state index in [9.17, 15) is 9.59 Å². The zero-order chi connectivity index (χ0) is 14.3. The molecule has 1 atom stereocenters. The van der Waals surface area contributed by atoms with E-state index in [4.69, 9.17) is 5.11 Å². The van der Waals surface area contributed by atoms with Crippen molar-refractivity contribution in [2.75, 3.05) is 11.9 Å². The number of urea groups is 1. The number of hydrogen-bond acceptors (Lipinski definition) is 2. The summed E-state index contributed by atoms with van der Waals surface area (Å²) in [5, 5.41) is 14.1. The van der Waals surface area contributed by atoms with E-state index in [1.165, 1.54) is 0 Å². The average molecular weight is 329 g/mol. The van der Waals surface area contributed by atoms with Crippen molar-refractivity contribution in [2.24, 2.45) is 5.92 Å². The first-order chi connectivity index (χ1) is 9.00. The van der Waals surface area contributed by atoms with Gasteiger partial charge >= 0.3 is 12.0 Å². The van der Waals surface area contributed by atoms with Crippen LogP contribution in [-0.4, -0.2) is 23.7 Å². The summed E-state index contributed by atoms with van der Waals surface area (Å²) in [5.41, 5.74) is 0.693. The topological polar surface area (TPSA) is 78.4 Å². The number of carboxylic acids is 1. The summed E-state index contributed by atoms with van der Waals surface area (Å²) in [6, 6.07) is 7.02. The molecule has 1 aromatic carbocycles. The van der Waals surface area contributed by atoms with Crippen molar-refractivity contribution in [1.82, 2.24) is 5.32 Å². The van der Waals surface area contributed by atoms with Crippen LogP contribution in [0.4, 0.5) is 10.5 Å². The molecule has 104 valence electrons. The molecule has 2 amide bonds. The van der Waals surface area contributed by atoms with Gasteiger partial charge in [0.05, 0.1) is 11.6 Å². The van der Waals surface area contributed by atoms with Crippen LogP contribution < -0.4 is 10.6 Å². The summed E-state index contributed by atoms with van der Waals surface area (Å²) in [6.45, 7) is 2.11. The zero-order valence-corrected chi connectivity index (χ0v) is 12.2. The highest BCUT2D eigenvalue weighted by atomic mass is 79.9. The van der Waals surface area contributed by atoms with Crippen molar-refractivity contribution in [3.05, 3.63) is 28.7 Å². The molecule has 0 fully saturated rings. The fourth-order valence-electron chi connectivity index (χ4n) is 1.46. The Morgan fingerprint density at radius 2 is 2.05 bits per heavy atom. The molecule has 0 heterocycles. The molecule has 0 aromatic heterocycles. The van der Waals surface area contributed by atoms with Gasteiger partial charge in [0.1, 0.15) is 0 Å². The van der Waals surface area contributed by atoms with Crippen molar-refractivity contribution in [2.45, 2.75) is 19.8 Å². The molecule has 0 spiro atoms. The molecule has 19 heavy (non-hydrogen) atoms. The summed E-state index contributed by atoms with van der Waals surface area (Å²) in [5.74, 6) is -1.19. The first-order valence-electron chi connectivity index (χ1n) is 6.03. The highest BCUT2D eigenvalue weighted by Crippen LogP contribution is 2.20. The summed E-state index contributed by atoms with van der Waals surface area (Å²) in [6.07, 6.45) is 1.18. The van der Waals surface area contributed by atoms with Gasteiger partial charge in [-0.2, -0.15) is 0 Å². The summed E-state index contributed by atoms with van der Waals surface area (Å²) < 4.78 is 0.810. The van der Waals surface area contributed by atoms with Crippen molar-refractivity contribution in [3.63, 3.8) is 0 Å². The monoisotopic (exact) mass is 328 g/mol. The van der Waals surface area contributed by atoms with Gasteiger partial charge in [-0.25, -0.2) is 4.79 Å². The van der Waals surface area contributed by atoms with E-state index in [2.05, 4.69) is 26.6 Å². The number of anilines is 1. The number of carboxylic acid groups (broad SMARTS) is 1. The highest BCUT2D eigenvalue weighted by Gasteiger charge is 2.10. The second-order valence-electron chi connectivity index (χ2n) is 4.24. The molecule has 1 aromatic rings. The third-order valence-corrected chi connectivity index (χ3v) is 3.33. The standard InChI is InChI=1S/C13H17BrN2O3/c1-9(12(17)18)5-4-8-15-13(19)16-11-7-3-2-6-10(11)14/h2-3,6-7,9H,4-5,8H2,1H3,(H,17,18)(H2,15,16,19). The number of carbonyl (C=O) groups is 2. The summed E-state index contributed by atoms with van der Waals surface area (Å²) >= 11 is 3.33. The predicted octanol–water partition coefficient (Wildman–Crippen LogP) is 3.07. The Hall–Kier alpha value is -1.56. The molecule has 1 unspecified atom stereocenters. The Morgan fingerprint density at radius 1 is 1.37 bits per heavy atom. The molecule has 0 saturated heterocycles. The fourth-order valence-corrected chi connectivity index (χ4v) is 1.85. The van der Waals surface area contributed by atoms with Crippen LogP contribution in [0.2, 0.25) is 0 Å². The maximum absolute atomic E-state index is 11.6. The largest absolute Gasteiger partial charge is 0.481 e. The number of rotatable bonds is 6. The normalized spacial score (nSPS) is 11.7. The van der Waals surface area contributed by atoms with Crippen LogP contribution in [0.5, 0.6) is 0 Å². The predicted molar refractivity (Wildman–Crippen MR) is 77.2 cm³/mol. The number of hydrogen-bond donors (Lipinski definition) is 3. The van der Waals surface area contributed by atoms with Gasteiger partial charge in [-0.05, 0) is 40.9 Å². The molecule has 0 saturated carbocycles. The van der Waals surface area contributed by atoms with E-state index in [0.717, 1.165) is 4.47 Å². The van der Waals surface area contributed by atoms with Crippen molar-refractivity contribution >= 4 is 33.6 Å². The van der Waals surface area contributed by atoms with Crippen molar-refractivity contribution < 1.29 is 14.7 Å². The van der Waals surface area contributed by atoms with E-state index in [1.807, 2.05) is 18.2 Å². The number of nitrogens with one attached hydrogen (secondary N) is 2. The zero-order valence-electron chi connectivity index (χ0n) is 10.6. The summed E-state index contributed by atoms with van der Waals surface area (Å²) in [7, 11) is 0. The van der Waals surface area contributed by atoms with Crippen LogP contribution in [-0.2, 0) is 4.79 Å². The Bertz CT molecular complexity index is 451. The van der Waals surface area contributed by atoms with E-state index >= 15 is 0 Å². The average Bonchev–Trinajstić information content (AvgIpc) is 2.37. The van der Waals surface area contributed by atoms with Crippen LogP contribution in [0.3, 0.4) is 0 Å². The second-order valence-corrected chi connectivity index (χ2v) is 5.10. The molecular weight excluding hydrogens is 312 g/mol. The lowest BCUT2D eigenvalue weighted by atomic mass is 10.1. The number of aliphatic carboxylic acids is 1. The molecule has 6 heteroatoms. The maximum atomic E-state index is 11.6. The van der Waals surface area contributed by atoms with E-state index in [0.29, 0.717) is 25.1 Å². The molecule has 0 radical (unpaired) electrons.